The van der Waals surface area contributed by atoms with E-state index < -0.39 is 0 Å². The lowest BCUT2D eigenvalue weighted by molar-refractivity contribution is -0.384. The van der Waals surface area contributed by atoms with Crippen LogP contribution in [0.3, 0.4) is 0 Å². The number of rotatable bonds is 5. The van der Waals surface area contributed by atoms with Gasteiger partial charge in [-0.05, 0) is 44.8 Å². The van der Waals surface area contributed by atoms with Crippen molar-refractivity contribution in [1.82, 2.24) is 4.90 Å². The van der Waals surface area contributed by atoms with Gasteiger partial charge in [0.05, 0.1) is 11.5 Å². The highest BCUT2D eigenvalue weighted by atomic mass is 16.6. The van der Waals surface area contributed by atoms with Crippen molar-refractivity contribution >= 4 is 11.4 Å². The molecule has 0 N–H and O–H groups in total. The molecule has 1 aromatic rings. The number of methoxy groups -OCH3 is 1. The molecule has 1 aromatic carbocycles. The Kier molecular flexibility index (Phi) is 5.13. The summed E-state index contributed by atoms with van der Waals surface area (Å²) in [6, 6.07) is 5.83. The number of nitro groups is 1. The van der Waals surface area contributed by atoms with Crippen molar-refractivity contribution in [1.29, 1.82) is 0 Å². The average molecular weight is 319 g/mol. The van der Waals surface area contributed by atoms with Crippen molar-refractivity contribution in [3.63, 3.8) is 0 Å². The molecule has 0 spiro atoms. The van der Waals surface area contributed by atoms with Gasteiger partial charge in [-0.1, -0.05) is 0 Å². The Morgan fingerprint density at radius 3 is 2.52 bits per heavy atom. The van der Waals surface area contributed by atoms with Crippen LogP contribution in [0.25, 0.3) is 0 Å². The number of likely N-dealkylation sites (tertiary alicyclic amines) is 1. The number of hydrogen-bond acceptors (Lipinski definition) is 5. The van der Waals surface area contributed by atoms with Crippen LogP contribution in [-0.2, 0) is 11.3 Å². The van der Waals surface area contributed by atoms with Crippen molar-refractivity contribution in [2.45, 2.75) is 38.3 Å². The Balaban J connectivity index is 1.70. The van der Waals surface area contributed by atoms with Crippen LogP contribution in [0, 0.1) is 10.1 Å². The second-order valence-electron chi connectivity index (χ2n) is 6.46. The van der Waals surface area contributed by atoms with Crippen LogP contribution in [0.2, 0.25) is 0 Å². The molecule has 0 unspecified atom stereocenters. The fourth-order valence-electron chi connectivity index (χ4n) is 3.84. The summed E-state index contributed by atoms with van der Waals surface area (Å²) in [6.07, 6.45) is 5.01. The maximum Gasteiger partial charge on any atom is 0.269 e. The number of non-ortho nitro benzene ring substituents is 1. The Labute approximate surface area is 137 Å². The molecule has 6 heteroatoms. The fourth-order valence-corrected chi connectivity index (χ4v) is 3.84. The zero-order valence-corrected chi connectivity index (χ0v) is 13.7. The number of ether oxygens (including phenoxy) is 1. The molecule has 2 heterocycles. The molecule has 0 atom stereocenters. The normalized spacial score (nSPS) is 20.1. The van der Waals surface area contributed by atoms with Gasteiger partial charge in [0, 0.05) is 49.6 Å². The van der Waals surface area contributed by atoms with E-state index in [1.165, 1.54) is 38.8 Å². The molecule has 2 saturated heterocycles. The van der Waals surface area contributed by atoms with Crippen molar-refractivity contribution in [3.8, 4) is 0 Å². The Hall–Kier alpha value is -1.66. The van der Waals surface area contributed by atoms with E-state index in [1.807, 2.05) is 6.07 Å². The van der Waals surface area contributed by atoms with Crippen LogP contribution in [-0.4, -0.2) is 49.2 Å². The first-order valence-corrected chi connectivity index (χ1v) is 8.44. The highest BCUT2D eigenvalue weighted by Crippen LogP contribution is 2.30. The molecular formula is C17H25N3O3. The van der Waals surface area contributed by atoms with Crippen LogP contribution in [0.5, 0.6) is 0 Å². The van der Waals surface area contributed by atoms with E-state index in [-0.39, 0.29) is 10.6 Å². The molecule has 0 saturated carbocycles. The lowest BCUT2D eigenvalue weighted by Gasteiger charge is -2.38. The Morgan fingerprint density at radius 1 is 1.22 bits per heavy atom. The van der Waals surface area contributed by atoms with Gasteiger partial charge >= 0.3 is 0 Å². The summed E-state index contributed by atoms with van der Waals surface area (Å²) in [5.41, 5.74) is 2.12. The van der Waals surface area contributed by atoms with Crippen LogP contribution < -0.4 is 4.90 Å². The second kappa shape index (κ2) is 7.27. The first kappa shape index (κ1) is 16.2. The molecule has 2 fully saturated rings. The molecule has 2 aliphatic rings. The van der Waals surface area contributed by atoms with E-state index in [2.05, 4.69) is 9.80 Å². The Bertz CT molecular complexity index is 550. The number of benzene rings is 1. The van der Waals surface area contributed by atoms with Crippen LogP contribution in [0.1, 0.15) is 31.2 Å². The van der Waals surface area contributed by atoms with Crippen LogP contribution >= 0.6 is 0 Å². The highest BCUT2D eigenvalue weighted by Gasteiger charge is 2.27. The predicted molar refractivity (Wildman–Crippen MR) is 89.9 cm³/mol. The van der Waals surface area contributed by atoms with Gasteiger partial charge in [0.25, 0.3) is 5.69 Å². The molecule has 6 nitrogen and oxygen atoms in total. The minimum absolute atomic E-state index is 0.132. The highest BCUT2D eigenvalue weighted by molar-refractivity contribution is 5.58. The summed E-state index contributed by atoms with van der Waals surface area (Å²) in [6.45, 7) is 4.92. The van der Waals surface area contributed by atoms with Gasteiger partial charge in [0.15, 0.2) is 0 Å². The molecular weight excluding hydrogens is 294 g/mol. The number of hydrogen-bond donors (Lipinski definition) is 0. The number of nitrogens with zero attached hydrogens (tertiary/aromatic N) is 3. The quantitative estimate of drug-likeness (QED) is 0.617. The lowest BCUT2D eigenvalue weighted by atomic mass is 10.0. The van der Waals surface area contributed by atoms with Gasteiger partial charge < -0.3 is 14.5 Å². The van der Waals surface area contributed by atoms with Gasteiger partial charge in [0.1, 0.15) is 0 Å². The van der Waals surface area contributed by atoms with Crippen LogP contribution in [0.15, 0.2) is 18.2 Å². The minimum atomic E-state index is -0.345. The lowest BCUT2D eigenvalue weighted by Crippen LogP contribution is -2.44. The molecule has 0 radical (unpaired) electrons. The summed E-state index contributed by atoms with van der Waals surface area (Å²) in [7, 11) is 1.63. The summed E-state index contributed by atoms with van der Waals surface area (Å²) >= 11 is 0. The van der Waals surface area contributed by atoms with Gasteiger partial charge in [-0.3, -0.25) is 10.1 Å². The van der Waals surface area contributed by atoms with E-state index in [4.69, 9.17) is 4.74 Å². The van der Waals surface area contributed by atoms with Crippen molar-refractivity contribution < 1.29 is 9.66 Å². The van der Waals surface area contributed by atoms with E-state index >= 15 is 0 Å². The number of anilines is 1. The molecule has 0 amide bonds. The van der Waals surface area contributed by atoms with Crippen molar-refractivity contribution in [2.24, 2.45) is 0 Å². The van der Waals surface area contributed by atoms with Crippen LogP contribution in [0.4, 0.5) is 11.4 Å². The smallest absolute Gasteiger partial charge is 0.269 e. The second-order valence-corrected chi connectivity index (χ2v) is 6.46. The average Bonchev–Trinajstić information content (AvgIpc) is 3.10. The standard InChI is InChI=1S/C17H25N3O3/c1-23-13-14-12-16(20(21)22)4-5-17(14)19-10-6-15(7-11-19)18-8-2-3-9-18/h4-5,12,15H,2-3,6-11,13H2,1H3. The maximum atomic E-state index is 11.0. The predicted octanol–water partition coefficient (Wildman–Crippen LogP) is 2.81. The summed E-state index contributed by atoms with van der Waals surface area (Å²) in [5, 5.41) is 11.0. The minimum Gasteiger partial charge on any atom is -0.380 e. The molecule has 126 valence electrons. The van der Waals surface area contributed by atoms with E-state index in [0.29, 0.717) is 12.6 Å². The van der Waals surface area contributed by atoms with Crippen molar-refractivity contribution in [3.05, 3.63) is 33.9 Å². The molecule has 2 aliphatic heterocycles. The summed E-state index contributed by atoms with van der Waals surface area (Å²) in [5.74, 6) is 0. The first-order chi connectivity index (χ1) is 11.2. The zero-order chi connectivity index (χ0) is 16.2. The third-order valence-electron chi connectivity index (χ3n) is 5.04. The van der Waals surface area contributed by atoms with Gasteiger partial charge in [-0.2, -0.15) is 0 Å². The number of piperidine rings is 1. The van der Waals surface area contributed by atoms with E-state index in [0.717, 1.165) is 24.3 Å². The monoisotopic (exact) mass is 319 g/mol. The molecule has 0 aromatic heterocycles. The molecule has 23 heavy (non-hydrogen) atoms. The summed E-state index contributed by atoms with van der Waals surface area (Å²) in [4.78, 5) is 15.6. The fraction of sp³-hybridized carbons (Fsp3) is 0.647. The summed E-state index contributed by atoms with van der Waals surface area (Å²) < 4.78 is 5.24. The number of nitro benzene ring substituents is 1. The molecule has 0 bridgehead atoms. The maximum absolute atomic E-state index is 11.0. The van der Waals surface area contributed by atoms with E-state index in [9.17, 15) is 10.1 Å². The largest absolute Gasteiger partial charge is 0.380 e. The van der Waals surface area contributed by atoms with Gasteiger partial charge in [-0.15, -0.1) is 0 Å². The van der Waals surface area contributed by atoms with E-state index in [1.54, 1.807) is 19.2 Å². The first-order valence-electron chi connectivity index (χ1n) is 8.44. The SMILES string of the molecule is COCc1cc([N+](=O)[O-])ccc1N1CCC(N2CCCC2)CC1. The third kappa shape index (κ3) is 3.64. The Morgan fingerprint density at radius 2 is 1.91 bits per heavy atom. The van der Waals surface area contributed by atoms with Crippen molar-refractivity contribution in [2.75, 3.05) is 38.2 Å². The van der Waals surface area contributed by atoms with Gasteiger partial charge in [-0.25, -0.2) is 0 Å². The third-order valence-corrected chi connectivity index (χ3v) is 5.04. The molecule has 3 rings (SSSR count). The van der Waals surface area contributed by atoms with Gasteiger partial charge in [0.2, 0.25) is 0 Å². The topological polar surface area (TPSA) is 58.9 Å². The molecule has 0 aliphatic carbocycles. The zero-order valence-electron chi connectivity index (χ0n) is 13.7.